The maximum absolute atomic E-state index is 14.0. The number of nitrogens with two attached hydrogens (primary N) is 1. The van der Waals surface area contributed by atoms with Crippen molar-refractivity contribution in [2.45, 2.75) is 56.8 Å². The van der Waals surface area contributed by atoms with E-state index in [2.05, 4.69) is 0 Å². The Morgan fingerprint density at radius 2 is 1.81 bits per heavy atom. The van der Waals surface area contributed by atoms with Crippen molar-refractivity contribution < 1.29 is 35.5 Å². The smallest absolute Gasteiger partial charge is 0.394 e. The summed E-state index contributed by atoms with van der Waals surface area (Å²) >= 11 is 0. The molecule has 1 unspecified atom stereocenters. The van der Waals surface area contributed by atoms with Crippen LogP contribution in [0.5, 0.6) is 0 Å². The van der Waals surface area contributed by atoms with Gasteiger partial charge in [-0.1, -0.05) is 12.1 Å². The van der Waals surface area contributed by atoms with E-state index in [4.69, 9.17) is 11.1 Å². The monoisotopic (exact) mass is 522 g/mol. The Balaban J connectivity index is 1.70. The lowest BCUT2D eigenvalue weighted by atomic mass is 9.88. The van der Waals surface area contributed by atoms with Gasteiger partial charge in [0.15, 0.2) is 0 Å². The highest BCUT2D eigenvalue weighted by Gasteiger charge is 2.39. The van der Waals surface area contributed by atoms with Gasteiger partial charge in [0.2, 0.25) is 0 Å². The van der Waals surface area contributed by atoms with Crippen molar-refractivity contribution in [3.05, 3.63) is 46.4 Å². The topological polar surface area (TPSA) is 73.4 Å². The van der Waals surface area contributed by atoms with Crippen LogP contribution in [0.15, 0.2) is 29.5 Å². The third-order valence-corrected chi connectivity index (χ3v) is 6.70. The average molecular weight is 523 g/mol. The second-order valence-electron chi connectivity index (χ2n) is 9.24. The van der Waals surface area contributed by atoms with Crippen molar-refractivity contribution in [1.29, 1.82) is 5.41 Å². The number of likely N-dealkylation sites (tertiary alicyclic amines) is 2. The zero-order valence-electron chi connectivity index (χ0n) is 19.6. The van der Waals surface area contributed by atoms with E-state index in [1.807, 2.05) is 0 Å². The van der Waals surface area contributed by atoms with E-state index >= 15 is 0 Å². The molecule has 5 nitrogen and oxygen atoms in total. The summed E-state index contributed by atoms with van der Waals surface area (Å²) in [7, 11) is 0. The average Bonchev–Trinajstić information content (AvgIpc) is 3.03. The molecule has 2 aliphatic heterocycles. The maximum Gasteiger partial charge on any atom is 0.419 e. The van der Waals surface area contributed by atoms with Crippen LogP contribution in [0.4, 0.5) is 30.7 Å². The molecule has 1 aromatic carbocycles. The fraction of sp³-hybridized carbons (Fsp3) is 0.583. The highest BCUT2D eigenvalue weighted by Crippen LogP contribution is 2.40. The van der Waals surface area contributed by atoms with E-state index in [9.17, 15) is 35.5 Å². The van der Waals surface area contributed by atoms with Crippen LogP contribution < -0.4 is 5.73 Å². The van der Waals surface area contributed by atoms with E-state index in [1.165, 1.54) is 17.0 Å². The number of nitrogens with zero attached hydrogens (tertiary/aromatic N) is 2. The third-order valence-electron chi connectivity index (χ3n) is 6.70. The molecule has 200 valence electrons. The summed E-state index contributed by atoms with van der Waals surface area (Å²) in [5.74, 6) is -2.48. The summed E-state index contributed by atoms with van der Waals surface area (Å²) in [6.07, 6.45) is -8.99. The Labute approximate surface area is 204 Å². The third kappa shape index (κ3) is 6.98. The minimum absolute atomic E-state index is 0.0863. The van der Waals surface area contributed by atoms with Crippen molar-refractivity contribution >= 4 is 11.6 Å². The van der Waals surface area contributed by atoms with Gasteiger partial charge < -0.3 is 16.0 Å². The number of hydrogen-bond donors (Lipinski definition) is 2. The van der Waals surface area contributed by atoms with E-state index in [-0.39, 0.29) is 68.0 Å². The standard InChI is InChI=1S/C24H29F7N4O/c25-18-6-1-5-16(20(18)24(29,30)31)15-4-2-11-35(13-7-15)22(36)21(33)17-14-34(12-8-19(17)32)10-3-9-23(26,27)28/h1,5-6,15,32H,2-4,7-14,33H2. The first-order chi connectivity index (χ1) is 16.8. The number of benzene rings is 1. The summed E-state index contributed by atoms with van der Waals surface area (Å²) in [5.41, 5.74) is 4.95. The Kier molecular flexibility index (Phi) is 8.68. The first kappa shape index (κ1) is 27.9. The lowest BCUT2D eigenvalue weighted by Crippen LogP contribution is -2.42. The number of carbonyl (C=O) groups excluding carboxylic acids is 1. The second-order valence-corrected chi connectivity index (χ2v) is 9.24. The molecule has 2 heterocycles. The number of nitrogens with one attached hydrogen (secondary N) is 1. The molecule has 0 saturated carbocycles. The zero-order chi connectivity index (χ0) is 26.7. The van der Waals surface area contributed by atoms with Crippen LogP contribution >= 0.6 is 0 Å². The van der Waals surface area contributed by atoms with Gasteiger partial charge in [-0.25, -0.2) is 4.39 Å². The first-order valence-corrected chi connectivity index (χ1v) is 11.8. The fourth-order valence-corrected chi connectivity index (χ4v) is 4.85. The molecule has 0 spiro atoms. The Morgan fingerprint density at radius 1 is 1.08 bits per heavy atom. The van der Waals surface area contributed by atoms with Gasteiger partial charge in [0, 0.05) is 50.3 Å². The summed E-state index contributed by atoms with van der Waals surface area (Å²) in [6.45, 7) is 0.972. The van der Waals surface area contributed by atoms with Crippen LogP contribution in [0, 0.1) is 11.2 Å². The quantitative estimate of drug-likeness (QED) is 0.411. The molecule has 2 aliphatic rings. The molecule has 2 saturated heterocycles. The normalized spacial score (nSPS) is 21.9. The predicted octanol–water partition coefficient (Wildman–Crippen LogP) is 5.22. The molecule has 3 N–H and O–H groups in total. The minimum atomic E-state index is -4.84. The minimum Gasteiger partial charge on any atom is -0.394 e. The van der Waals surface area contributed by atoms with E-state index in [0.717, 1.165) is 6.07 Å². The molecule has 3 rings (SSSR count). The molecule has 0 aromatic heterocycles. The lowest BCUT2D eigenvalue weighted by molar-refractivity contribution is -0.141. The van der Waals surface area contributed by atoms with Gasteiger partial charge in [-0.15, -0.1) is 0 Å². The summed E-state index contributed by atoms with van der Waals surface area (Å²) in [4.78, 5) is 16.3. The largest absolute Gasteiger partial charge is 0.419 e. The molecule has 0 bridgehead atoms. The highest BCUT2D eigenvalue weighted by molar-refractivity contribution is 6.07. The number of amides is 1. The maximum atomic E-state index is 14.0. The van der Waals surface area contributed by atoms with Gasteiger partial charge in [-0.3, -0.25) is 9.69 Å². The number of piperidine rings is 1. The van der Waals surface area contributed by atoms with Crippen LogP contribution in [0.1, 0.15) is 55.6 Å². The van der Waals surface area contributed by atoms with Crippen LogP contribution in [-0.2, 0) is 11.0 Å². The van der Waals surface area contributed by atoms with Gasteiger partial charge in [0.25, 0.3) is 5.91 Å². The Bertz CT molecular complexity index is 1000. The van der Waals surface area contributed by atoms with E-state index in [0.29, 0.717) is 19.4 Å². The lowest BCUT2D eigenvalue weighted by Gasteiger charge is -2.31. The van der Waals surface area contributed by atoms with Crippen molar-refractivity contribution in [2.75, 3.05) is 32.7 Å². The summed E-state index contributed by atoms with van der Waals surface area (Å²) in [6, 6.07) is 3.28. The molecule has 2 fully saturated rings. The molecule has 36 heavy (non-hydrogen) atoms. The first-order valence-electron chi connectivity index (χ1n) is 11.8. The van der Waals surface area contributed by atoms with E-state index in [1.54, 1.807) is 4.90 Å². The summed E-state index contributed by atoms with van der Waals surface area (Å²) in [5, 5.41) is 8.18. The predicted molar refractivity (Wildman–Crippen MR) is 120 cm³/mol. The van der Waals surface area contributed by atoms with Crippen LogP contribution in [0.25, 0.3) is 0 Å². The SMILES string of the molecule is N=C1CCN(CCCC(F)(F)F)CC1=C(N)C(=O)N1CCCC(c2cccc(F)c2C(F)(F)F)CC1. The van der Waals surface area contributed by atoms with Crippen molar-refractivity contribution in [2.24, 2.45) is 5.73 Å². The van der Waals surface area contributed by atoms with Gasteiger partial charge in [-0.2, -0.15) is 26.3 Å². The molecular formula is C24H29F7N4O. The molecule has 1 aromatic rings. The molecule has 1 amide bonds. The highest BCUT2D eigenvalue weighted by atomic mass is 19.4. The molecule has 1 atom stereocenters. The fourth-order valence-electron chi connectivity index (χ4n) is 4.85. The molecule has 12 heteroatoms. The summed E-state index contributed by atoms with van der Waals surface area (Å²) < 4.78 is 91.8. The Morgan fingerprint density at radius 3 is 2.47 bits per heavy atom. The zero-order valence-corrected chi connectivity index (χ0v) is 19.6. The number of alkyl halides is 6. The van der Waals surface area contributed by atoms with Crippen molar-refractivity contribution in [3.8, 4) is 0 Å². The van der Waals surface area contributed by atoms with Crippen LogP contribution in [0.2, 0.25) is 0 Å². The number of rotatable bonds is 5. The van der Waals surface area contributed by atoms with Gasteiger partial charge in [-0.05, 0) is 49.8 Å². The number of carbonyl (C=O) groups is 1. The second kappa shape index (κ2) is 11.2. The van der Waals surface area contributed by atoms with Gasteiger partial charge in [0.05, 0.1) is 5.56 Å². The van der Waals surface area contributed by atoms with Crippen molar-refractivity contribution in [3.63, 3.8) is 0 Å². The van der Waals surface area contributed by atoms with Gasteiger partial charge in [0.1, 0.15) is 11.5 Å². The number of halogens is 7. The Hall–Kier alpha value is -2.63. The van der Waals surface area contributed by atoms with E-state index < -0.39 is 42.0 Å². The molecule has 0 aliphatic carbocycles. The molecule has 0 radical (unpaired) electrons. The van der Waals surface area contributed by atoms with Crippen molar-refractivity contribution in [1.82, 2.24) is 9.80 Å². The number of hydrogen-bond acceptors (Lipinski definition) is 4. The van der Waals surface area contributed by atoms with Crippen LogP contribution in [0.3, 0.4) is 0 Å². The van der Waals surface area contributed by atoms with Gasteiger partial charge >= 0.3 is 12.4 Å². The van der Waals surface area contributed by atoms with Crippen LogP contribution in [-0.4, -0.2) is 60.3 Å². The molecular weight excluding hydrogens is 493 g/mol.